The second kappa shape index (κ2) is 13.0. The van der Waals surface area contributed by atoms with Crippen LogP contribution >= 0.6 is 24.0 Å². The van der Waals surface area contributed by atoms with Crippen molar-refractivity contribution >= 4 is 35.8 Å². The standard InChI is InChI=1S/C21H34N4O.HI/c1-4-5-6-9-17(2)24-21(22-3)23-15-18-10-7-11-19(14-18)16-25-13-8-12-20(25)26;/h7,10-11,14,17H,4-6,8-9,12-13,15-16H2,1-3H3,(H2,22,23,24);1H. The number of guanidine groups is 1. The number of nitrogens with one attached hydrogen (secondary N) is 2. The van der Waals surface area contributed by atoms with Gasteiger partial charge in [0, 0.05) is 39.1 Å². The highest BCUT2D eigenvalue weighted by Gasteiger charge is 2.19. The molecule has 1 heterocycles. The number of hydrogen-bond acceptors (Lipinski definition) is 2. The van der Waals surface area contributed by atoms with Crippen LogP contribution in [-0.2, 0) is 17.9 Å². The molecule has 1 atom stereocenters. The Labute approximate surface area is 181 Å². The van der Waals surface area contributed by atoms with Crippen LogP contribution in [0.5, 0.6) is 0 Å². The monoisotopic (exact) mass is 486 g/mol. The fourth-order valence-electron chi connectivity index (χ4n) is 3.32. The van der Waals surface area contributed by atoms with Crippen LogP contribution in [0, 0.1) is 0 Å². The maximum Gasteiger partial charge on any atom is 0.222 e. The molecule has 5 nitrogen and oxygen atoms in total. The van der Waals surface area contributed by atoms with E-state index in [-0.39, 0.29) is 29.9 Å². The average Bonchev–Trinajstić information content (AvgIpc) is 3.04. The molecule has 6 heteroatoms. The van der Waals surface area contributed by atoms with E-state index in [0.29, 0.717) is 19.0 Å². The predicted octanol–water partition coefficient (Wildman–Crippen LogP) is 4.06. The summed E-state index contributed by atoms with van der Waals surface area (Å²) in [5.41, 5.74) is 2.39. The Kier molecular flexibility index (Phi) is 11.4. The molecule has 27 heavy (non-hydrogen) atoms. The zero-order chi connectivity index (χ0) is 18.8. The molecule has 2 rings (SSSR count). The van der Waals surface area contributed by atoms with E-state index in [1.54, 1.807) is 0 Å². The number of hydrogen-bond donors (Lipinski definition) is 2. The van der Waals surface area contributed by atoms with Crippen LogP contribution in [0.3, 0.4) is 0 Å². The maximum atomic E-state index is 11.8. The normalized spacial score (nSPS) is 15.4. The minimum absolute atomic E-state index is 0. The van der Waals surface area contributed by atoms with Gasteiger partial charge in [-0.2, -0.15) is 0 Å². The Morgan fingerprint density at radius 3 is 2.74 bits per heavy atom. The number of likely N-dealkylation sites (tertiary alicyclic amines) is 1. The van der Waals surface area contributed by atoms with Gasteiger partial charge in [0.25, 0.3) is 0 Å². The number of aliphatic imine (C=N–C) groups is 1. The molecule has 0 saturated carbocycles. The molecule has 0 radical (unpaired) electrons. The third-order valence-electron chi connectivity index (χ3n) is 4.84. The van der Waals surface area contributed by atoms with Crippen LogP contribution in [0.25, 0.3) is 0 Å². The first-order valence-corrected chi connectivity index (χ1v) is 9.95. The van der Waals surface area contributed by atoms with Gasteiger partial charge in [-0.15, -0.1) is 24.0 Å². The summed E-state index contributed by atoms with van der Waals surface area (Å²) in [6.45, 7) is 6.76. The van der Waals surface area contributed by atoms with Crippen molar-refractivity contribution in [1.82, 2.24) is 15.5 Å². The van der Waals surface area contributed by atoms with E-state index in [0.717, 1.165) is 31.9 Å². The Bertz CT molecular complexity index is 606. The SMILES string of the molecule is CCCCCC(C)NC(=NC)NCc1cccc(CN2CCCC2=O)c1.I. The minimum Gasteiger partial charge on any atom is -0.354 e. The van der Waals surface area contributed by atoms with Gasteiger partial charge >= 0.3 is 0 Å². The van der Waals surface area contributed by atoms with Crippen molar-refractivity contribution in [3.8, 4) is 0 Å². The highest BCUT2D eigenvalue weighted by atomic mass is 127. The molecule has 0 spiro atoms. The molecule has 152 valence electrons. The van der Waals surface area contributed by atoms with Crippen molar-refractivity contribution in [3.63, 3.8) is 0 Å². The third kappa shape index (κ3) is 8.49. The molecule has 0 aliphatic carbocycles. The Hall–Kier alpha value is -1.31. The fourth-order valence-corrected chi connectivity index (χ4v) is 3.32. The Morgan fingerprint density at radius 1 is 1.30 bits per heavy atom. The van der Waals surface area contributed by atoms with Crippen molar-refractivity contribution < 1.29 is 4.79 Å². The molecular weight excluding hydrogens is 451 g/mol. The van der Waals surface area contributed by atoms with E-state index in [1.165, 1.54) is 30.4 Å². The molecule has 1 aliphatic rings. The molecule has 1 amide bonds. The predicted molar refractivity (Wildman–Crippen MR) is 123 cm³/mol. The largest absolute Gasteiger partial charge is 0.354 e. The number of unbranched alkanes of at least 4 members (excludes halogenated alkanes) is 2. The van der Waals surface area contributed by atoms with Gasteiger partial charge in [-0.25, -0.2) is 0 Å². The number of rotatable bonds is 9. The van der Waals surface area contributed by atoms with Crippen LogP contribution < -0.4 is 10.6 Å². The third-order valence-corrected chi connectivity index (χ3v) is 4.84. The maximum absolute atomic E-state index is 11.8. The smallest absolute Gasteiger partial charge is 0.222 e. The summed E-state index contributed by atoms with van der Waals surface area (Å²) < 4.78 is 0. The van der Waals surface area contributed by atoms with E-state index in [4.69, 9.17) is 0 Å². The molecule has 0 bridgehead atoms. The van der Waals surface area contributed by atoms with Crippen LogP contribution in [0.1, 0.15) is 63.5 Å². The lowest BCUT2D eigenvalue weighted by Gasteiger charge is -2.19. The lowest BCUT2D eigenvalue weighted by molar-refractivity contribution is -0.128. The van der Waals surface area contributed by atoms with Gasteiger partial charge < -0.3 is 15.5 Å². The molecule has 2 N–H and O–H groups in total. The Balaban J connectivity index is 0.00000364. The summed E-state index contributed by atoms with van der Waals surface area (Å²) in [4.78, 5) is 18.1. The summed E-state index contributed by atoms with van der Waals surface area (Å²) in [5.74, 6) is 1.12. The van der Waals surface area contributed by atoms with Crippen molar-refractivity contribution in [2.75, 3.05) is 13.6 Å². The zero-order valence-electron chi connectivity index (χ0n) is 17.0. The van der Waals surface area contributed by atoms with Crippen molar-refractivity contribution in [1.29, 1.82) is 0 Å². The van der Waals surface area contributed by atoms with Gasteiger partial charge in [-0.05, 0) is 30.9 Å². The topological polar surface area (TPSA) is 56.7 Å². The molecule has 1 unspecified atom stereocenters. The van der Waals surface area contributed by atoms with Crippen LogP contribution in [0.4, 0.5) is 0 Å². The molecule has 1 fully saturated rings. The van der Waals surface area contributed by atoms with Crippen molar-refractivity contribution in [2.45, 2.75) is 71.5 Å². The van der Waals surface area contributed by atoms with Gasteiger partial charge in [0.15, 0.2) is 5.96 Å². The van der Waals surface area contributed by atoms with Gasteiger partial charge in [0.1, 0.15) is 0 Å². The van der Waals surface area contributed by atoms with Crippen LogP contribution in [-0.4, -0.2) is 36.4 Å². The first-order chi connectivity index (χ1) is 12.6. The number of nitrogens with zero attached hydrogens (tertiary/aromatic N) is 2. The second-order valence-electron chi connectivity index (χ2n) is 7.21. The summed E-state index contributed by atoms with van der Waals surface area (Å²) in [6, 6.07) is 8.87. The number of halogens is 1. The number of carbonyl (C=O) groups excluding carboxylic acids is 1. The molecule has 1 aliphatic heterocycles. The molecule has 1 saturated heterocycles. The number of carbonyl (C=O) groups is 1. The minimum atomic E-state index is 0. The summed E-state index contributed by atoms with van der Waals surface area (Å²) in [5, 5.41) is 6.86. The van der Waals surface area contributed by atoms with Crippen molar-refractivity contribution in [2.24, 2.45) is 4.99 Å². The molecule has 1 aromatic rings. The van der Waals surface area contributed by atoms with E-state index >= 15 is 0 Å². The fraction of sp³-hybridized carbons (Fsp3) is 0.619. The molecule has 0 aromatic heterocycles. The zero-order valence-corrected chi connectivity index (χ0v) is 19.3. The van der Waals surface area contributed by atoms with E-state index in [9.17, 15) is 4.79 Å². The van der Waals surface area contributed by atoms with Crippen molar-refractivity contribution in [3.05, 3.63) is 35.4 Å². The molecular formula is C21H35IN4O. The van der Waals surface area contributed by atoms with E-state index < -0.39 is 0 Å². The summed E-state index contributed by atoms with van der Waals surface area (Å²) in [6.07, 6.45) is 6.62. The van der Waals surface area contributed by atoms with Gasteiger partial charge in [0.2, 0.25) is 5.91 Å². The average molecular weight is 486 g/mol. The van der Waals surface area contributed by atoms with Crippen LogP contribution in [0.15, 0.2) is 29.3 Å². The highest BCUT2D eigenvalue weighted by molar-refractivity contribution is 14.0. The summed E-state index contributed by atoms with van der Waals surface area (Å²) >= 11 is 0. The summed E-state index contributed by atoms with van der Waals surface area (Å²) in [7, 11) is 1.81. The second-order valence-corrected chi connectivity index (χ2v) is 7.21. The molecule has 1 aromatic carbocycles. The number of amides is 1. The highest BCUT2D eigenvalue weighted by Crippen LogP contribution is 2.15. The van der Waals surface area contributed by atoms with Gasteiger partial charge in [-0.3, -0.25) is 9.79 Å². The van der Waals surface area contributed by atoms with Gasteiger partial charge in [0.05, 0.1) is 0 Å². The lowest BCUT2D eigenvalue weighted by Crippen LogP contribution is -2.41. The first kappa shape index (κ1) is 23.7. The quantitative estimate of drug-likeness (QED) is 0.240. The van der Waals surface area contributed by atoms with Gasteiger partial charge in [-0.1, -0.05) is 50.5 Å². The van der Waals surface area contributed by atoms with E-state index in [1.807, 2.05) is 11.9 Å². The number of benzene rings is 1. The lowest BCUT2D eigenvalue weighted by atomic mass is 10.1. The Morgan fingerprint density at radius 2 is 2.07 bits per heavy atom. The first-order valence-electron chi connectivity index (χ1n) is 9.95. The van der Waals surface area contributed by atoms with Crippen LogP contribution in [0.2, 0.25) is 0 Å². The van der Waals surface area contributed by atoms with E-state index in [2.05, 4.69) is 53.7 Å².